The highest BCUT2D eigenvalue weighted by molar-refractivity contribution is 7.42. The molecule has 3 heterocycles. The molecule has 10 heteroatoms. The Hall–Kier alpha value is -1.70. The van der Waals surface area contributed by atoms with Crippen molar-refractivity contribution in [3.8, 4) is 5.75 Å². The van der Waals surface area contributed by atoms with Crippen LogP contribution in [-0.4, -0.2) is 22.3 Å². The van der Waals surface area contributed by atoms with E-state index >= 15 is 0 Å². The molecule has 27 heavy (non-hydrogen) atoms. The number of H-pyrrole nitrogens is 1. The Balaban J connectivity index is 1.35. The standard InChI is InChI=1S/C17H18ClN2O6P/c1-10-3-2-4-11-8-23-27(26-15(10)11)24-9-12-5-6-14(25-12)20-7-13(18)16(21)19-17(20)22/h2-4,7,12,14H,5-6,8-9H2,1H3,(H,19,21,22). The molecule has 144 valence electrons. The number of benzene rings is 1. The maximum absolute atomic E-state index is 11.9. The van der Waals surface area contributed by atoms with E-state index in [9.17, 15) is 9.59 Å². The van der Waals surface area contributed by atoms with Crippen molar-refractivity contribution in [2.24, 2.45) is 0 Å². The normalized spacial score (nSPS) is 24.4. The summed E-state index contributed by atoms with van der Waals surface area (Å²) in [6.07, 6.45) is 1.91. The lowest BCUT2D eigenvalue weighted by Crippen LogP contribution is -2.32. The second-order valence-corrected chi connectivity index (χ2v) is 7.93. The first-order valence-electron chi connectivity index (χ1n) is 8.50. The third-order valence-electron chi connectivity index (χ3n) is 4.47. The Kier molecular flexibility index (Phi) is 5.34. The second kappa shape index (κ2) is 7.73. The number of fused-ring (bicyclic) bond motifs is 1. The number of rotatable bonds is 4. The van der Waals surface area contributed by atoms with Gasteiger partial charge in [0.05, 0.1) is 19.3 Å². The van der Waals surface area contributed by atoms with Gasteiger partial charge in [0.25, 0.3) is 5.56 Å². The molecule has 1 fully saturated rings. The van der Waals surface area contributed by atoms with Crippen LogP contribution >= 0.6 is 20.2 Å². The number of nitrogens with one attached hydrogen (secondary N) is 1. The zero-order valence-electron chi connectivity index (χ0n) is 14.5. The van der Waals surface area contributed by atoms with Crippen LogP contribution in [0.3, 0.4) is 0 Å². The van der Waals surface area contributed by atoms with Crippen LogP contribution in [0.1, 0.15) is 30.2 Å². The molecule has 2 aromatic rings. The van der Waals surface area contributed by atoms with Crippen LogP contribution in [0, 0.1) is 6.92 Å². The van der Waals surface area contributed by atoms with Gasteiger partial charge in [-0.05, 0) is 25.3 Å². The van der Waals surface area contributed by atoms with E-state index in [0.29, 0.717) is 19.4 Å². The fourth-order valence-corrected chi connectivity index (χ4v) is 4.35. The van der Waals surface area contributed by atoms with E-state index in [-0.39, 0.29) is 17.7 Å². The number of ether oxygens (including phenoxy) is 1. The number of hydrogen-bond donors (Lipinski definition) is 1. The molecule has 0 bridgehead atoms. The molecule has 1 aromatic carbocycles. The Morgan fingerprint density at radius 2 is 2.22 bits per heavy atom. The van der Waals surface area contributed by atoms with Crippen molar-refractivity contribution < 1.29 is 18.3 Å². The molecule has 3 atom stereocenters. The highest BCUT2D eigenvalue weighted by Gasteiger charge is 2.31. The second-order valence-electron chi connectivity index (χ2n) is 6.38. The molecule has 2 aliphatic heterocycles. The van der Waals surface area contributed by atoms with Crippen LogP contribution in [-0.2, 0) is 20.4 Å². The third-order valence-corrected chi connectivity index (χ3v) is 5.77. The average molecular weight is 413 g/mol. The third kappa shape index (κ3) is 3.95. The molecule has 1 aromatic heterocycles. The van der Waals surface area contributed by atoms with Crippen molar-refractivity contribution in [1.82, 2.24) is 9.55 Å². The fraction of sp³-hybridized carbons (Fsp3) is 0.412. The maximum atomic E-state index is 11.9. The molecule has 0 spiro atoms. The zero-order valence-corrected chi connectivity index (χ0v) is 16.2. The van der Waals surface area contributed by atoms with Crippen molar-refractivity contribution in [2.75, 3.05) is 6.61 Å². The van der Waals surface area contributed by atoms with Gasteiger partial charge in [0.2, 0.25) is 0 Å². The van der Waals surface area contributed by atoms with Crippen LogP contribution in [0.4, 0.5) is 0 Å². The molecule has 8 nitrogen and oxygen atoms in total. The predicted molar refractivity (Wildman–Crippen MR) is 98.9 cm³/mol. The van der Waals surface area contributed by atoms with Crippen LogP contribution < -0.4 is 15.8 Å². The number of hydrogen-bond acceptors (Lipinski definition) is 6. The largest absolute Gasteiger partial charge is 0.426 e. The van der Waals surface area contributed by atoms with Gasteiger partial charge in [-0.1, -0.05) is 29.8 Å². The summed E-state index contributed by atoms with van der Waals surface area (Å²) in [7, 11) is -1.49. The van der Waals surface area contributed by atoms with E-state index in [4.69, 9.17) is 29.9 Å². The first-order valence-corrected chi connectivity index (χ1v) is 9.97. The number of nitrogens with zero attached hydrogens (tertiary/aromatic N) is 1. The molecular formula is C17H18ClN2O6P. The lowest BCUT2D eigenvalue weighted by molar-refractivity contribution is -0.0229. The van der Waals surface area contributed by atoms with Crippen molar-refractivity contribution >= 4 is 20.2 Å². The SMILES string of the molecule is Cc1cccc2c1OP(OCC1CCC(n3cc(Cl)c(=O)[nH]c3=O)O1)OC2. The molecular weight excluding hydrogens is 395 g/mol. The van der Waals surface area contributed by atoms with Crippen molar-refractivity contribution in [2.45, 2.75) is 38.7 Å². The van der Waals surface area contributed by atoms with Gasteiger partial charge >= 0.3 is 14.3 Å². The molecule has 2 aliphatic rings. The molecule has 0 saturated carbocycles. The molecule has 1 N–H and O–H groups in total. The van der Waals surface area contributed by atoms with Gasteiger partial charge in [-0.25, -0.2) is 4.79 Å². The Morgan fingerprint density at radius 3 is 3.07 bits per heavy atom. The van der Waals surface area contributed by atoms with E-state index < -0.39 is 26.1 Å². The van der Waals surface area contributed by atoms with E-state index in [0.717, 1.165) is 16.9 Å². The van der Waals surface area contributed by atoms with Crippen molar-refractivity contribution in [3.63, 3.8) is 0 Å². The zero-order chi connectivity index (χ0) is 19.0. The monoisotopic (exact) mass is 412 g/mol. The summed E-state index contributed by atoms with van der Waals surface area (Å²) >= 11 is 5.80. The first-order chi connectivity index (χ1) is 13.0. The number of aromatic nitrogens is 2. The topological polar surface area (TPSA) is 91.8 Å². The minimum Gasteiger partial charge on any atom is -0.426 e. The van der Waals surface area contributed by atoms with Gasteiger partial charge in [-0.3, -0.25) is 23.4 Å². The predicted octanol–water partition coefficient (Wildman–Crippen LogP) is 3.03. The number of halogens is 1. The highest BCUT2D eigenvalue weighted by Crippen LogP contribution is 2.48. The van der Waals surface area contributed by atoms with Crippen LogP contribution in [0.5, 0.6) is 5.75 Å². The molecule has 0 aliphatic carbocycles. The minimum atomic E-state index is -1.49. The van der Waals surface area contributed by atoms with E-state index in [1.165, 1.54) is 10.8 Å². The lowest BCUT2D eigenvalue weighted by atomic mass is 10.1. The average Bonchev–Trinajstić information content (AvgIpc) is 3.12. The Bertz CT molecular complexity index is 961. The Morgan fingerprint density at radius 1 is 1.37 bits per heavy atom. The summed E-state index contributed by atoms with van der Waals surface area (Å²) in [5.74, 6) is 0.814. The Labute approximate surface area is 161 Å². The summed E-state index contributed by atoms with van der Waals surface area (Å²) in [6.45, 7) is 2.72. The summed E-state index contributed by atoms with van der Waals surface area (Å²) in [4.78, 5) is 25.5. The molecule has 0 radical (unpaired) electrons. The summed E-state index contributed by atoms with van der Waals surface area (Å²) in [5, 5.41) is -0.0561. The fourth-order valence-electron chi connectivity index (χ4n) is 3.08. The number of para-hydroxylation sites is 1. The van der Waals surface area contributed by atoms with Gasteiger partial charge in [-0.2, -0.15) is 0 Å². The molecule has 4 rings (SSSR count). The van der Waals surface area contributed by atoms with Crippen molar-refractivity contribution in [3.05, 3.63) is 61.4 Å². The number of aromatic amines is 1. The van der Waals surface area contributed by atoms with Crippen LogP contribution in [0.15, 0.2) is 34.0 Å². The van der Waals surface area contributed by atoms with Gasteiger partial charge in [0.15, 0.2) is 0 Å². The quantitative estimate of drug-likeness (QED) is 0.776. The number of aryl methyl sites for hydroxylation is 1. The molecule has 0 amide bonds. The molecule has 1 saturated heterocycles. The van der Waals surface area contributed by atoms with E-state index in [1.807, 2.05) is 25.1 Å². The van der Waals surface area contributed by atoms with Gasteiger partial charge < -0.3 is 9.26 Å². The van der Waals surface area contributed by atoms with Crippen LogP contribution in [0.2, 0.25) is 5.02 Å². The summed E-state index contributed by atoms with van der Waals surface area (Å²) in [6, 6.07) is 5.91. The minimum absolute atomic E-state index is 0.0561. The van der Waals surface area contributed by atoms with Gasteiger partial charge in [-0.15, -0.1) is 0 Å². The van der Waals surface area contributed by atoms with E-state index in [2.05, 4.69) is 4.98 Å². The molecule has 3 unspecified atom stereocenters. The van der Waals surface area contributed by atoms with Gasteiger partial charge in [0, 0.05) is 11.8 Å². The van der Waals surface area contributed by atoms with E-state index in [1.54, 1.807) is 0 Å². The summed E-state index contributed by atoms with van der Waals surface area (Å²) < 4.78 is 24.4. The summed E-state index contributed by atoms with van der Waals surface area (Å²) in [5.41, 5.74) is 0.884. The van der Waals surface area contributed by atoms with Crippen LogP contribution in [0.25, 0.3) is 0 Å². The smallest absolute Gasteiger partial charge is 0.397 e. The van der Waals surface area contributed by atoms with Gasteiger partial charge in [0.1, 0.15) is 17.0 Å². The highest BCUT2D eigenvalue weighted by atomic mass is 35.5. The lowest BCUT2D eigenvalue weighted by Gasteiger charge is -2.26. The maximum Gasteiger partial charge on any atom is 0.397 e. The van der Waals surface area contributed by atoms with Crippen molar-refractivity contribution in [1.29, 1.82) is 0 Å². The first kappa shape index (κ1) is 18.7.